The number of aliphatic hydroxyl groups is 1. The Balaban J connectivity index is 1.06. The van der Waals surface area contributed by atoms with Crippen molar-refractivity contribution in [2.45, 2.75) is 57.3 Å². The van der Waals surface area contributed by atoms with Gasteiger partial charge in [-0.3, -0.25) is 14.4 Å². The minimum atomic E-state index is -0.972. The molecule has 240 valence electrons. The van der Waals surface area contributed by atoms with Gasteiger partial charge >= 0.3 is 0 Å². The van der Waals surface area contributed by atoms with Crippen molar-refractivity contribution in [2.24, 2.45) is 11.1 Å². The molecule has 12 heteroatoms. The van der Waals surface area contributed by atoms with E-state index >= 15 is 0 Å². The molecule has 2 saturated carbocycles. The first-order chi connectivity index (χ1) is 21.8. The Morgan fingerprint density at radius 2 is 1.74 bits per heavy atom. The van der Waals surface area contributed by atoms with Crippen molar-refractivity contribution in [1.29, 1.82) is 0 Å². The van der Waals surface area contributed by atoms with Crippen LogP contribution in [0.3, 0.4) is 0 Å². The number of aromatic nitrogens is 2. The maximum atomic E-state index is 14.2. The molecule has 0 atom stereocenters. The van der Waals surface area contributed by atoms with Gasteiger partial charge < -0.3 is 30.9 Å². The molecule has 2 heterocycles. The molecule has 3 amide bonds. The molecule has 2 aromatic heterocycles. The molecule has 6 rings (SSSR count). The molecule has 2 aliphatic carbocycles. The average Bonchev–Trinajstić information content (AvgIpc) is 3.40. The molecule has 0 saturated heterocycles. The average molecular weight is 630 g/mol. The highest BCUT2D eigenvalue weighted by atomic mass is 19.1. The SMILES string of the molecule is CNC(=O)c1cc(-c2ccc(C(N)=O)c(OC3CC4(CC(NC(=O)c5cnn6cc(OCC(C)(C)O)ccc56)C4)C3)c2)ccc1F. The summed E-state index contributed by atoms with van der Waals surface area (Å²) in [5, 5.41) is 19.7. The van der Waals surface area contributed by atoms with Gasteiger partial charge in [0.1, 0.15) is 23.9 Å². The first kappa shape index (κ1) is 31.0. The molecule has 1 spiro atoms. The van der Waals surface area contributed by atoms with Crippen LogP contribution in [-0.2, 0) is 0 Å². The lowest BCUT2D eigenvalue weighted by Gasteiger charge is -2.57. The molecule has 0 bridgehead atoms. The molecule has 2 fully saturated rings. The van der Waals surface area contributed by atoms with Crippen molar-refractivity contribution in [2.75, 3.05) is 13.7 Å². The van der Waals surface area contributed by atoms with Crippen LogP contribution >= 0.6 is 0 Å². The summed E-state index contributed by atoms with van der Waals surface area (Å²) in [5.74, 6) is -1.13. The van der Waals surface area contributed by atoms with Gasteiger partial charge in [-0.25, -0.2) is 8.91 Å². The number of rotatable bonds is 10. The number of nitrogens with one attached hydrogen (secondary N) is 2. The van der Waals surface area contributed by atoms with Crippen molar-refractivity contribution in [3.63, 3.8) is 0 Å². The van der Waals surface area contributed by atoms with Crippen LogP contribution in [0.5, 0.6) is 11.5 Å². The normalized spacial score (nSPS) is 20.5. The number of carbonyl (C=O) groups is 3. The quantitative estimate of drug-likeness (QED) is 0.207. The van der Waals surface area contributed by atoms with Gasteiger partial charge in [0.2, 0.25) is 0 Å². The molecule has 0 radical (unpaired) electrons. The maximum Gasteiger partial charge on any atom is 0.255 e. The highest BCUT2D eigenvalue weighted by molar-refractivity contribution is 6.01. The van der Waals surface area contributed by atoms with Gasteiger partial charge in [-0.1, -0.05) is 12.1 Å². The van der Waals surface area contributed by atoms with Gasteiger partial charge in [-0.05, 0) is 92.5 Å². The van der Waals surface area contributed by atoms with Crippen LogP contribution in [0.15, 0.2) is 60.9 Å². The van der Waals surface area contributed by atoms with Gasteiger partial charge in [-0.2, -0.15) is 5.10 Å². The molecule has 0 aliphatic heterocycles. The second-order valence-corrected chi connectivity index (χ2v) is 12.9. The van der Waals surface area contributed by atoms with Gasteiger partial charge in [0.05, 0.1) is 46.3 Å². The summed E-state index contributed by atoms with van der Waals surface area (Å²) in [7, 11) is 1.43. The number of amides is 3. The maximum absolute atomic E-state index is 14.2. The summed E-state index contributed by atoms with van der Waals surface area (Å²) < 4.78 is 27.7. The molecule has 0 unspecified atom stereocenters. The van der Waals surface area contributed by atoms with E-state index in [1.807, 2.05) is 0 Å². The summed E-state index contributed by atoms with van der Waals surface area (Å²) in [6.45, 7) is 3.44. The van der Waals surface area contributed by atoms with Gasteiger partial charge in [0.25, 0.3) is 17.7 Å². The van der Waals surface area contributed by atoms with Gasteiger partial charge in [0.15, 0.2) is 0 Å². The van der Waals surface area contributed by atoms with E-state index in [0.29, 0.717) is 33.7 Å². The van der Waals surface area contributed by atoms with Gasteiger partial charge in [-0.15, -0.1) is 0 Å². The third-order valence-electron chi connectivity index (χ3n) is 8.65. The number of fused-ring (bicyclic) bond motifs is 1. The molecular formula is C34H36FN5O6. The Morgan fingerprint density at radius 1 is 1.02 bits per heavy atom. The smallest absolute Gasteiger partial charge is 0.255 e. The Morgan fingerprint density at radius 3 is 2.43 bits per heavy atom. The van der Waals surface area contributed by atoms with Crippen LogP contribution in [0, 0.1) is 11.2 Å². The summed E-state index contributed by atoms with van der Waals surface area (Å²) >= 11 is 0. The van der Waals surface area contributed by atoms with Crippen LogP contribution < -0.4 is 25.8 Å². The fraction of sp³-hybridized carbons (Fsp3) is 0.353. The number of carbonyl (C=O) groups excluding carboxylic acids is 3. The zero-order chi connectivity index (χ0) is 32.8. The van der Waals surface area contributed by atoms with E-state index in [1.165, 1.54) is 25.4 Å². The minimum Gasteiger partial charge on any atom is -0.490 e. The van der Waals surface area contributed by atoms with Crippen molar-refractivity contribution in [3.05, 3.63) is 83.4 Å². The predicted octanol–water partition coefficient (Wildman–Crippen LogP) is 3.87. The van der Waals surface area contributed by atoms with E-state index in [4.69, 9.17) is 15.2 Å². The number of hydrogen-bond acceptors (Lipinski definition) is 7. The first-order valence-corrected chi connectivity index (χ1v) is 15.1. The van der Waals surface area contributed by atoms with Crippen molar-refractivity contribution in [1.82, 2.24) is 20.2 Å². The Kier molecular flexibility index (Phi) is 7.93. The summed E-state index contributed by atoms with van der Waals surface area (Å²) in [5.41, 5.74) is 7.22. The van der Waals surface area contributed by atoms with Crippen LogP contribution in [-0.4, -0.2) is 63.8 Å². The van der Waals surface area contributed by atoms with Crippen LogP contribution in [0.2, 0.25) is 0 Å². The zero-order valence-electron chi connectivity index (χ0n) is 25.8. The second-order valence-electron chi connectivity index (χ2n) is 12.9. The number of ether oxygens (including phenoxy) is 2. The standard InChI is InChI=1S/C34H36FN5O6/c1-33(2,44)18-45-22-6-9-28-26(16-38-40(28)17-22)32(43)39-21-12-34(13-21)14-23(15-34)46-29-11-20(4-7-24(29)30(36)41)19-5-8-27(35)25(10-19)31(42)37-3/h4-11,16-17,21,23,44H,12-15,18H2,1-3H3,(H2,36,41)(H,37,42)(H,39,43). The van der Waals surface area contributed by atoms with Crippen LogP contribution in [0.1, 0.15) is 70.6 Å². The predicted molar refractivity (Wildman–Crippen MR) is 167 cm³/mol. The summed E-state index contributed by atoms with van der Waals surface area (Å²) in [6.07, 6.45) is 6.23. The molecular weight excluding hydrogens is 593 g/mol. The summed E-state index contributed by atoms with van der Waals surface area (Å²) in [4.78, 5) is 37.3. The lowest BCUT2D eigenvalue weighted by molar-refractivity contribution is -0.0834. The Hall–Kier alpha value is -4.97. The first-order valence-electron chi connectivity index (χ1n) is 15.1. The van der Waals surface area contributed by atoms with E-state index < -0.39 is 23.2 Å². The number of nitrogens with zero attached hydrogens (tertiary/aromatic N) is 2. The van der Waals surface area contributed by atoms with Crippen molar-refractivity contribution < 1.29 is 33.4 Å². The van der Waals surface area contributed by atoms with E-state index in [0.717, 1.165) is 25.7 Å². The highest BCUT2D eigenvalue weighted by Crippen LogP contribution is 2.57. The summed E-state index contributed by atoms with van der Waals surface area (Å²) in [6, 6.07) is 12.7. The molecule has 4 aromatic rings. The number of pyridine rings is 1. The molecule has 46 heavy (non-hydrogen) atoms. The lowest BCUT2D eigenvalue weighted by Crippen LogP contribution is -2.58. The van der Waals surface area contributed by atoms with Crippen molar-refractivity contribution >= 4 is 23.2 Å². The zero-order valence-corrected chi connectivity index (χ0v) is 25.8. The highest BCUT2D eigenvalue weighted by Gasteiger charge is 2.54. The third kappa shape index (κ3) is 6.25. The largest absolute Gasteiger partial charge is 0.490 e. The topological polar surface area (TPSA) is 157 Å². The Labute approximate surface area is 264 Å². The fourth-order valence-corrected chi connectivity index (χ4v) is 6.36. The number of hydrogen-bond donors (Lipinski definition) is 4. The van der Waals surface area contributed by atoms with E-state index in [-0.39, 0.29) is 41.2 Å². The number of benzene rings is 2. The number of primary amides is 1. The number of halogens is 1. The molecule has 2 aromatic carbocycles. The Bertz CT molecular complexity index is 1830. The van der Waals surface area contributed by atoms with Crippen LogP contribution in [0.4, 0.5) is 4.39 Å². The van der Waals surface area contributed by atoms with E-state index in [1.54, 1.807) is 61.0 Å². The van der Waals surface area contributed by atoms with Crippen molar-refractivity contribution in [3.8, 4) is 22.6 Å². The monoisotopic (exact) mass is 629 g/mol. The van der Waals surface area contributed by atoms with E-state index in [9.17, 15) is 23.9 Å². The minimum absolute atomic E-state index is 0.0234. The van der Waals surface area contributed by atoms with Gasteiger partial charge in [0, 0.05) is 13.1 Å². The lowest BCUT2D eigenvalue weighted by atomic mass is 9.53. The second kappa shape index (κ2) is 11.8. The third-order valence-corrected chi connectivity index (χ3v) is 8.65. The molecule has 5 N–H and O–H groups in total. The van der Waals surface area contributed by atoms with E-state index in [2.05, 4.69) is 15.7 Å². The van der Waals surface area contributed by atoms with Crippen LogP contribution in [0.25, 0.3) is 16.6 Å². The molecule has 11 nitrogen and oxygen atoms in total. The fourth-order valence-electron chi connectivity index (χ4n) is 6.36. The number of nitrogens with two attached hydrogens (primary N) is 1. The molecule has 2 aliphatic rings.